The Hall–Kier alpha value is -3.22. The third-order valence-corrected chi connectivity index (χ3v) is 4.31. The fourth-order valence-electron chi connectivity index (χ4n) is 2.83. The number of halogens is 1. The fourth-order valence-corrected chi connectivity index (χ4v) is 2.83. The van der Waals surface area contributed by atoms with Gasteiger partial charge in [0, 0.05) is 5.69 Å². The first kappa shape index (κ1) is 17.6. The van der Waals surface area contributed by atoms with Crippen molar-refractivity contribution < 1.29 is 18.8 Å². The van der Waals surface area contributed by atoms with E-state index in [1.165, 1.54) is 18.2 Å². The molecule has 1 heterocycles. The van der Waals surface area contributed by atoms with Crippen molar-refractivity contribution >= 4 is 23.5 Å². The molecule has 3 rings (SSSR count). The maximum Gasteiger partial charge on any atom is 0.325 e. The van der Waals surface area contributed by atoms with Gasteiger partial charge >= 0.3 is 6.03 Å². The zero-order chi connectivity index (χ0) is 18.9. The molecule has 26 heavy (non-hydrogen) atoms. The molecule has 1 unspecified atom stereocenters. The van der Waals surface area contributed by atoms with E-state index in [1.54, 1.807) is 19.1 Å². The summed E-state index contributed by atoms with van der Waals surface area (Å²) in [5.74, 6) is -1.60. The maximum absolute atomic E-state index is 13.2. The number of urea groups is 1. The van der Waals surface area contributed by atoms with Gasteiger partial charge in [-0.2, -0.15) is 0 Å². The average Bonchev–Trinajstić information content (AvgIpc) is 2.79. The summed E-state index contributed by atoms with van der Waals surface area (Å²) in [4.78, 5) is 38.0. The molecule has 2 aromatic rings. The normalized spacial score (nSPS) is 19.4. The Kier molecular flexibility index (Phi) is 4.46. The first-order valence-corrected chi connectivity index (χ1v) is 8.06. The van der Waals surface area contributed by atoms with E-state index in [9.17, 15) is 18.8 Å². The molecule has 0 spiro atoms. The van der Waals surface area contributed by atoms with Gasteiger partial charge in [0.25, 0.3) is 5.91 Å². The van der Waals surface area contributed by atoms with Crippen LogP contribution in [0.1, 0.15) is 18.1 Å². The zero-order valence-corrected chi connectivity index (χ0v) is 14.4. The molecule has 0 radical (unpaired) electrons. The quantitative estimate of drug-likeness (QED) is 0.828. The Morgan fingerprint density at radius 3 is 2.54 bits per heavy atom. The summed E-state index contributed by atoms with van der Waals surface area (Å²) in [6.07, 6.45) is 0. The summed E-state index contributed by atoms with van der Waals surface area (Å²) < 4.78 is 13.2. The van der Waals surface area contributed by atoms with E-state index >= 15 is 0 Å². The van der Waals surface area contributed by atoms with Crippen molar-refractivity contribution in [3.63, 3.8) is 0 Å². The summed E-state index contributed by atoms with van der Waals surface area (Å²) in [5, 5.41) is 5.11. The average molecular weight is 355 g/mol. The van der Waals surface area contributed by atoms with Crippen LogP contribution in [0.2, 0.25) is 0 Å². The van der Waals surface area contributed by atoms with Crippen molar-refractivity contribution in [3.8, 4) is 0 Å². The summed E-state index contributed by atoms with van der Waals surface area (Å²) in [6.45, 7) is 3.06. The predicted octanol–water partition coefficient (Wildman–Crippen LogP) is 2.54. The van der Waals surface area contributed by atoms with E-state index in [0.29, 0.717) is 5.56 Å². The minimum atomic E-state index is -1.23. The number of nitrogens with zero attached hydrogens (tertiary/aromatic N) is 1. The van der Waals surface area contributed by atoms with E-state index in [2.05, 4.69) is 10.6 Å². The smallest absolute Gasteiger partial charge is 0.324 e. The second-order valence-corrected chi connectivity index (χ2v) is 6.37. The Morgan fingerprint density at radius 2 is 1.88 bits per heavy atom. The molecule has 7 heteroatoms. The number of nitrogens with one attached hydrogen (secondary N) is 2. The molecule has 1 atom stereocenters. The lowest BCUT2D eigenvalue weighted by atomic mass is 9.91. The number of aryl methyl sites for hydroxylation is 1. The van der Waals surface area contributed by atoms with Gasteiger partial charge in [0.05, 0.1) is 0 Å². The summed E-state index contributed by atoms with van der Waals surface area (Å²) in [6, 6.07) is 12.0. The lowest BCUT2D eigenvalue weighted by molar-refractivity contribution is -0.133. The molecule has 0 aliphatic carbocycles. The number of rotatable bonds is 4. The molecule has 0 aromatic heterocycles. The lowest BCUT2D eigenvalue weighted by Crippen LogP contribution is -2.42. The van der Waals surface area contributed by atoms with Crippen LogP contribution in [-0.4, -0.2) is 29.3 Å². The van der Waals surface area contributed by atoms with Crippen molar-refractivity contribution in [2.75, 3.05) is 11.9 Å². The highest BCUT2D eigenvalue weighted by Gasteiger charge is 2.49. The van der Waals surface area contributed by atoms with Crippen molar-refractivity contribution in [1.29, 1.82) is 0 Å². The van der Waals surface area contributed by atoms with Gasteiger partial charge in [0.15, 0.2) is 0 Å². The molecule has 1 saturated heterocycles. The SMILES string of the molecule is Cc1ccc(C2(C)NC(=O)N(CC(=O)Nc3cccc(F)c3)C2=O)cc1. The highest BCUT2D eigenvalue weighted by molar-refractivity contribution is 6.10. The Balaban J connectivity index is 1.74. The van der Waals surface area contributed by atoms with Gasteiger partial charge in [0.2, 0.25) is 5.91 Å². The predicted molar refractivity (Wildman–Crippen MR) is 93.8 cm³/mol. The Labute approximate surface area is 150 Å². The topological polar surface area (TPSA) is 78.5 Å². The van der Waals surface area contributed by atoms with Gasteiger partial charge in [0.1, 0.15) is 17.9 Å². The molecule has 2 N–H and O–H groups in total. The van der Waals surface area contributed by atoms with E-state index < -0.39 is 35.7 Å². The largest absolute Gasteiger partial charge is 0.325 e. The molecule has 2 aromatic carbocycles. The second-order valence-electron chi connectivity index (χ2n) is 6.37. The number of amides is 4. The Bertz CT molecular complexity index is 882. The van der Waals surface area contributed by atoms with Gasteiger partial charge < -0.3 is 10.6 Å². The third kappa shape index (κ3) is 3.28. The minimum Gasteiger partial charge on any atom is -0.324 e. The number of hydrogen-bond acceptors (Lipinski definition) is 3. The second kappa shape index (κ2) is 6.59. The molecule has 0 bridgehead atoms. The summed E-state index contributed by atoms with van der Waals surface area (Å²) in [5.41, 5.74) is 0.683. The van der Waals surface area contributed by atoms with Crippen molar-refractivity contribution in [2.24, 2.45) is 0 Å². The van der Waals surface area contributed by atoms with Crippen LogP contribution in [0.5, 0.6) is 0 Å². The molecule has 1 aliphatic heterocycles. The van der Waals surface area contributed by atoms with Crippen LogP contribution in [0.25, 0.3) is 0 Å². The van der Waals surface area contributed by atoms with Crippen LogP contribution in [-0.2, 0) is 15.1 Å². The Morgan fingerprint density at radius 1 is 1.19 bits per heavy atom. The molecule has 134 valence electrons. The van der Waals surface area contributed by atoms with Crippen molar-refractivity contribution in [2.45, 2.75) is 19.4 Å². The number of hydrogen-bond donors (Lipinski definition) is 2. The van der Waals surface area contributed by atoms with Crippen LogP contribution in [0.3, 0.4) is 0 Å². The number of carbonyl (C=O) groups is 3. The molecule has 1 fully saturated rings. The number of anilines is 1. The lowest BCUT2D eigenvalue weighted by Gasteiger charge is -2.22. The molecule has 6 nitrogen and oxygen atoms in total. The van der Waals surface area contributed by atoms with Crippen molar-refractivity contribution in [3.05, 3.63) is 65.5 Å². The standard InChI is InChI=1S/C19H18FN3O3/c1-12-6-8-13(9-7-12)19(2)17(25)23(18(26)22-19)11-16(24)21-15-5-3-4-14(20)10-15/h3-10H,11H2,1-2H3,(H,21,24)(H,22,26). The van der Waals surface area contributed by atoms with Gasteiger partial charge in [-0.1, -0.05) is 35.9 Å². The third-order valence-electron chi connectivity index (χ3n) is 4.31. The van der Waals surface area contributed by atoms with Crippen molar-refractivity contribution in [1.82, 2.24) is 10.2 Å². The maximum atomic E-state index is 13.2. The first-order valence-electron chi connectivity index (χ1n) is 8.06. The highest BCUT2D eigenvalue weighted by atomic mass is 19.1. The highest BCUT2D eigenvalue weighted by Crippen LogP contribution is 2.28. The number of carbonyl (C=O) groups excluding carboxylic acids is 3. The summed E-state index contributed by atoms with van der Waals surface area (Å²) >= 11 is 0. The first-order chi connectivity index (χ1) is 12.3. The van der Waals surface area contributed by atoms with E-state index in [0.717, 1.165) is 16.5 Å². The van der Waals surface area contributed by atoms with E-state index in [-0.39, 0.29) is 5.69 Å². The monoisotopic (exact) mass is 355 g/mol. The minimum absolute atomic E-state index is 0.253. The van der Waals surface area contributed by atoms with Gasteiger partial charge in [-0.15, -0.1) is 0 Å². The van der Waals surface area contributed by atoms with E-state index in [4.69, 9.17) is 0 Å². The molecule has 4 amide bonds. The number of imide groups is 1. The van der Waals surface area contributed by atoms with Crippen LogP contribution >= 0.6 is 0 Å². The molecular weight excluding hydrogens is 337 g/mol. The van der Waals surface area contributed by atoms with Crippen LogP contribution in [0.15, 0.2) is 48.5 Å². The van der Waals surface area contributed by atoms with Crippen LogP contribution in [0, 0.1) is 12.7 Å². The molecule has 0 saturated carbocycles. The van der Waals surface area contributed by atoms with Gasteiger partial charge in [-0.3, -0.25) is 14.5 Å². The molecule has 1 aliphatic rings. The summed E-state index contributed by atoms with van der Waals surface area (Å²) in [7, 11) is 0. The fraction of sp³-hybridized carbons (Fsp3) is 0.211. The van der Waals surface area contributed by atoms with Gasteiger partial charge in [-0.25, -0.2) is 9.18 Å². The number of benzene rings is 2. The van der Waals surface area contributed by atoms with Crippen LogP contribution in [0.4, 0.5) is 14.9 Å². The molecular formula is C19H18FN3O3. The zero-order valence-electron chi connectivity index (χ0n) is 14.4. The van der Waals surface area contributed by atoms with Crippen LogP contribution < -0.4 is 10.6 Å². The van der Waals surface area contributed by atoms with Gasteiger partial charge in [-0.05, 0) is 37.6 Å². The van der Waals surface area contributed by atoms with E-state index in [1.807, 2.05) is 19.1 Å².